The molecule has 6 nitrogen and oxygen atoms in total. The van der Waals surface area contributed by atoms with Crippen LogP contribution in [-0.4, -0.2) is 47.4 Å². The van der Waals surface area contributed by atoms with Crippen LogP contribution in [-0.2, 0) is 14.3 Å². The number of amides is 1. The van der Waals surface area contributed by atoms with Crippen LogP contribution in [0, 0.1) is 0 Å². The van der Waals surface area contributed by atoms with Crippen LogP contribution >= 0.6 is 0 Å². The van der Waals surface area contributed by atoms with Crippen LogP contribution in [0.1, 0.15) is 380 Å². The van der Waals surface area contributed by atoms with Crippen molar-refractivity contribution in [3.63, 3.8) is 0 Å². The van der Waals surface area contributed by atoms with E-state index < -0.39 is 12.1 Å². The zero-order valence-electron chi connectivity index (χ0n) is 49.6. The van der Waals surface area contributed by atoms with Gasteiger partial charge in [-0.1, -0.05) is 334 Å². The van der Waals surface area contributed by atoms with E-state index in [4.69, 9.17) is 4.74 Å². The Balaban J connectivity index is 3.33. The first-order valence-electron chi connectivity index (χ1n) is 33.4. The maximum atomic E-state index is 12.5. The Morgan fingerprint density at radius 3 is 1.01 bits per heavy atom. The molecule has 3 N–H and O–H groups in total. The highest BCUT2D eigenvalue weighted by Crippen LogP contribution is 2.19. The van der Waals surface area contributed by atoms with E-state index in [1.807, 2.05) is 0 Å². The molecule has 0 fully saturated rings. The second-order valence-electron chi connectivity index (χ2n) is 23.2. The van der Waals surface area contributed by atoms with Gasteiger partial charge in [-0.05, 0) is 44.9 Å². The van der Waals surface area contributed by atoms with Gasteiger partial charge < -0.3 is 20.3 Å². The Morgan fingerprint density at radius 2 is 0.658 bits per heavy atom. The fourth-order valence-corrected chi connectivity index (χ4v) is 10.7. The molecule has 0 saturated carbocycles. The number of hydrogen-bond acceptors (Lipinski definition) is 5. The van der Waals surface area contributed by atoms with Gasteiger partial charge in [0.15, 0.2) is 0 Å². The summed E-state index contributed by atoms with van der Waals surface area (Å²) in [7, 11) is 0. The highest BCUT2D eigenvalue weighted by molar-refractivity contribution is 5.76. The van der Waals surface area contributed by atoms with Crippen molar-refractivity contribution < 1.29 is 24.5 Å². The summed E-state index contributed by atoms with van der Waals surface area (Å²) in [6.07, 6.45) is 76.8. The lowest BCUT2D eigenvalue weighted by Gasteiger charge is -2.22. The van der Waals surface area contributed by atoms with Gasteiger partial charge >= 0.3 is 5.97 Å². The SMILES string of the molecule is CCCC/C=C\CCCCCCCC(=O)OCCCCCCCCCCCCCCCCCCCCCCCCCCCCCCCC(=O)NC(CO)C(O)CCCCCCCCCCCCCCCCCC. The molecule has 0 aliphatic rings. The number of esters is 1. The Kier molecular flexibility index (Phi) is 61.9. The summed E-state index contributed by atoms with van der Waals surface area (Å²) in [4.78, 5) is 24.5. The van der Waals surface area contributed by atoms with Crippen molar-refractivity contribution in [1.82, 2.24) is 5.32 Å². The quantitative estimate of drug-likeness (QED) is 0.0320. The van der Waals surface area contributed by atoms with Crippen LogP contribution in [0.15, 0.2) is 12.2 Å². The number of carbonyl (C=O) groups is 2. The molecule has 0 aliphatic carbocycles. The molecule has 73 heavy (non-hydrogen) atoms. The van der Waals surface area contributed by atoms with Crippen LogP contribution in [0.25, 0.3) is 0 Å². The van der Waals surface area contributed by atoms with E-state index in [0.29, 0.717) is 25.9 Å². The van der Waals surface area contributed by atoms with Gasteiger partial charge in [0.1, 0.15) is 0 Å². The number of aliphatic hydroxyl groups is 2. The zero-order valence-corrected chi connectivity index (χ0v) is 49.6. The van der Waals surface area contributed by atoms with Crippen molar-refractivity contribution in [2.45, 2.75) is 392 Å². The average molecular weight is 1030 g/mol. The van der Waals surface area contributed by atoms with Gasteiger partial charge in [0.25, 0.3) is 0 Å². The summed E-state index contributed by atoms with van der Waals surface area (Å²) in [6, 6.07) is -0.538. The molecule has 0 aromatic heterocycles. The monoisotopic (exact) mass is 1030 g/mol. The molecule has 0 bridgehead atoms. The number of ether oxygens (including phenoxy) is 1. The molecule has 0 rings (SSSR count). The number of rotatable bonds is 63. The number of hydrogen-bond donors (Lipinski definition) is 3. The summed E-state index contributed by atoms with van der Waals surface area (Å²) in [6.45, 7) is 4.95. The van der Waals surface area contributed by atoms with Crippen molar-refractivity contribution in [3.8, 4) is 0 Å². The van der Waals surface area contributed by atoms with Crippen LogP contribution in [0.4, 0.5) is 0 Å². The molecule has 0 aromatic rings. The average Bonchev–Trinajstić information content (AvgIpc) is 3.39. The summed E-state index contributed by atoms with van der Waals surface area (Å²) in [5, 5.41) is 23.3. The third-order valence-corrected chi connectivity index (χ3v) is 15.8. The van der Waals surface area contributed by atoms with E-state index in [-0.39, 0.29) is 18.5 Å². The smallest absolute Gasteiger partial charge is 0.305 e. The van der Waals surface area contributed by atoms with E-state index in [1.54, 1.807) is 0 Å². The number of carbonyl (C=O) groups excluding carboxylic acids is 2. The van der Waals surface area contributed by atoms with E-state index in [0.717, 1.165) is 44.9 Å². The predicted molar refractivity (Wildman–Crippen MR) is 320 cm³/mol. The van der Waals surface area contributed by atoms with Gasteiger partial charge in [0, 0.05) is 12.8 Å². The van der Waals surface area contributed by atoms with Crippen molar-refractivity contribution in [2.24, 2.45) is 0 Å². The molecule has 6 heteroatoms. The van der Waals surface area contributed by atoms with Crippen molar-refractivity contribution in [3.05, 3.63) is 12.2 Å². The molecule has 0 spiro atoms. The Labute approximate surface area is 457 Å². The van der Waals surface area contributed by atoms with Crippen molar-refractivity contribution in [1.29, 1.82) is 0 Å². The molecule has 0 radical (unpaired) electrons. The first kappa shape index (κ1) is 71.6. The van der Waals surface area contributed by atoms with Crippen LogP contribution in [0.2, 0.25) is 0 Å². The van der Waals surface area contributed by atoms with Gasteiger partial charge in [-0.3, -0.25) is 9.59 Å². The minimum Gasteiger partial charge on any atom is -0.466 e. The summed E-state index contributed by atoms with van der Waals surface area (Å²) in [5.74, 6) is -0.0191. The number of unbranched alkanes of at least 4 members (excludes halogenated alkanes) is 50. The van der Waals surface area contributed by atoms with Crippen LogP contribution in [0.3, 0.4) is 0 Å². The molecule has 2 unspecified atom stereocenters. The first-order valence-corrected chi connectivity index (χ1v) is 33.4. The molecule has 0 aromatic carbocycles. The summed E-state index contributed by atoms with van der Waals surface area (Å²) >= 11 is 0. The number of aliphatic hydroxyl groups excluding tert-OH is 2. The maximum absolute atomic E-state index is 12.5. The third-order valence-electron chi connectivity index (χ3n) is 15.8. The minimum absolute atomic E-state index is 0.00899. The molecular formula is C67H131NO5. The Bertz CT molecular complexity index is 1100. The Hall–Kier alpha value is -1.40. The van der Waals surface area contributed by atoms with E-state index >= 15 is 0 Å². The molecular weight excluding hydrogens is 899 g/mol. The van der Waals surface area contributed by atoms with Gasteiger partial charge in [-0.2, -0.15) is 0 Å². The van der Waals surface area contributed by atoms with E-state index in [1.165, 1.54) is 302 Å². The van der Waals surface area contributed by atoms with E-state index in [9.17, 15) is 19.8 Å². The van der Waals surface area contributed by atoms with Crippen LogP contribution in [0.5, 0.6) is 0 Å². The van der Waals surface area contributed by atoms with Gasteiger partial charge in [-0.15, -0.1) is 0 Å². The highest BCUT2D eigenvalue weighted by Gasteiger charge is 2.20. The molecule has 0 aliphatic heterocycles. The van der Waals surface area contributed by atoms with Gasteiger partial charge in [0.05, 0.1) is 25.4 Å². The largest absolute Gasteiger partial charge is 0.466 e. The second-order valence-corrected chi connectivity index (χ2v) is 23.2. The number of allylic oxidation sites excluding steroid dienone is 2. The van der Waals surface area contributed by atoms with E-state index in [2.05, 4.69) is 31.3 Å². The molecule has 0 saturated heterocycles. The fourth-order valence-electron chi connectivity index (χ4n) is 10.7. The molecule has 434 valence electrons. The maximum Gasteiger partial charge on any atom is 0.305 e. The lowest BCUT2D eigenvalue weighted by atomic mass is 10.0. The van der Waals surface area contributed by atoms with Gasteiger partial charge in [-0.25, -0.2) is 0 Å². The summed E-state index contributed by atoms with van der Waals surface area (Å²) < 4.78 is 5.47. The summed E-state index contributed by atoms with van der Waals surface area (Å²) in [5.41, 5.74) is 0. The zero-order chi connectivity index (χ0) is 52.9. The lowest BCUT2D eigenvalue weighted by Crippen LogP contribution is -2.45. The normalized spacial score (nSPS) is 12.5. The van der Waals surface area contributed by atoms with Crippen LogP contribution < -0.4 is 5.32 Å². The first-order chi connectivity index (χ1) is 36.0. The standard InChI is InChI=1S/C67H131NO5/c1-3-5-7-9-11-13-15-16-17-33-36-40-43-47-51-55-59-65(70)64(63-69)68-66(71)60-56-52-48-44-41-37-34-31-29-27-25-23-21-19-18-20-22-24-26-28-30-32-35-38-42-46-50-54-58-62-73-67(72)61-57-53-49-45-39-14-12-10-8-6-4-2/h10,12,64-65,69-70H,3-9,11,13-63H2,1-2H3,(H,68,71)/b12-10-. The fraction of sp³-hybridized carbons (Fsp3) is 0.940. The Morgan fingerprint density at radius 1 is 0.370 bits per heavy atom. The highest BCUT2D eigenvalue weighted by atomic mass is 16.5. The second kappa shape index (κ2) is 63.1. The van der Waals surface area contributed by atoms with Crippen molar-refractivity contribution >= 4 is 11.9 Å². The van der Waals surface area contributed by atoms with Crippen molar-refractivity contribution in [2.75, 3.05) is 13.2 Å². The molecule has 2 atom stereocenters. The topological polar surface area (TPSA) is 95.9 Å². The molecule has 1 amide bonds. The minimum atomic E-state index is -0.661. The lowest BCUT2D eigenvalue weighted by molar-refractivity contribution is -0.143. The number of nitrogens with one attached hydrogen (secondary N) is 1. The third kappa shape index (κ3) is 59.7. The molecule has 0 heterocycles. The predicted octanol–water partition coefficient (Wildman–Crippen LogP) is 21.2. The van der Waals surface area contributed by atoms with Gasteiger partial charge in [0.2, 0.25) is 5.91 Å².